The predicted octanol–water partition coefficient (Wildman–Crippen LogP) is 1.21. The van der Waals surface area contributed by atoms with E-state index < -0.39 is 5.97 Å². The van der Waals surface area contributed by atoms with Gasteiger partial charge < -0.3 is 14.6 Å². The van der Waals surface area contributed by atoms with Crippen LogP contribution in [0.1, 0.15) is 10.4 Å². The molecule has 0 bridgehead atoms. The van der Waals surface area contributed by atoms with Crippen molar-refractivity contribution in [2.24, 2.45) is 4.99 Å². The number of aliphatic imine (C=N–C) groups is 1. The first-order valence-electron chi connectivity index (χ1n) is 4.67. The molecule has 7 heteroatoms. The Kier molecular flexibility index (Phi) is 4.27. The summed E-state index contributed by atoms with van der Waals surface area (Å²) in [6.45, 7) is 3.13. The van der Waals surface area contributed by atoms with Gasteiger partial charge in [0, 0.05) is 23.9 Å². The van der Waals surface area contributed by atoms with E-state index in [9.17, 15) is 9.59 Å². The molecule has 1 heterocycles. The predicted molar refractivity (Wildman–Crippen MR) is 72.0 cm³/mol. The van der Waals surface area contributed by atoms with E-state index in [4.69, 9.17) is 5.11 Å². The van der Waals surface area contributed by atoms with E-state index >= 15 is 0 Å². The third kappa shape index (κ3) is 2.84. The second-order valence-corrected chi connectivity index (χ2v) is 4.72. The molecule has 0 radical (unpaired) electrons. The van der Waals surface area contributed by atoms with Gasteiger partial charge in [-0.25, -0.2) is 4.99 Å². The van der Waals surface area contributed by atoms with Crippen LogP contribution >= 0.6 is 22.6 Å². The highest BCUT2D eigenvalue weighted by Gasteiger charge is 2.22. The zero-order valence-corrected chi connectivity index (χ0v) is 11.6. The molecular weight excluding hydrogens is 337 g/mol. The minimum Gasteiger partial charge on any atom is -0.480 e. The number of hydrogen-bond acceptors (Lipinski definition) is 3. The normalized spacial score (nSPS) is 10.1. The fourth-order valence-electron chi connectivity index (χ4n) is 1.37. The van der Waals surface area contributed by atoms with Gasteiger partial charge >= 0.3 is 5.97 Å². The number of carboxylic acid groups (broad SMARTS) is 1. The molecular formula is C10H12IN3O3. The van der Waals surface area contributed by atoms with Crippen LogP contribution in [0.4, 0.5) is 5.82 Å². The molecule has 0 fully saturated rings. The van der Waals surface area contributed by atoms with E-state index in [0.717, 1.165) is 0 Å². The molecule has 0 saturated heterocycles. The standard InChI is InChI=1S/C10H12IN3O3/c1-12-9-8(10(17)13(2)3)6(11)4-14(9)5-7(15)16/h4H,1,5H2,2-3H3,(H,15,16). The molecule has 17 heavy (non-hydrogen) atoms. The molecule has 0 aliphatic carbocycles. The average Bonchev–Trinajstić information content (AvgIpc) is 2.51. The number of carbonyl (C=O) groups is 2. The zero-order chi connectivity index (χ0) is 13.2. The van der Waals surface area contributed by atoms with Crippen LogP contribution in [-0.2, 0) is 11.3 Å². The minimum atomic E-state index is -0.995. The quantitative estimate of drug-likeness (QED) is 0.656. The van der Waals surface area contributed by atoms with Crippen molar-refractivity contribution >= 4 is 47.0 Å². The van der Waals surface area contributed by atoms with Gasteiger partial charge in [0.25, 0.3) is 5.91 Å². The number of rotatable bonds is 4. The van der Waals surface area contributed by atoms with E-state index in [1.807, 2.05) is 22.6 Å². The lowest BCUT2D eigenvalue weighted by Crippen LogP contribution is -2.22. The Morgan fingerprint density at radius 3 is 2.59 bits per heavy atom. The Balaban J connectivity index is 3.31. The van der Waals surface area contributed by atoms with Crippen molar-refractivity contribution in [3.05, 3.63) is 15.3 Å². The Morgan fingerprint density at radius 2 is 2.18 bits per heavy atom. The van der Waals surface area contributed by atoms with Gasteiger partial charge in [-0.3, -0.25) is 9.59 Å². The Bertz CT molecular complexity index is 479. The van der Waals surface area contributed by atoms with Crippen LogP contribution in [0.25, 0.3) is 0 Å². The summed E-state index contributed by atoms with van der Waals surface area (Å²) < 4.78 is 2.05. The van der Waals surface area contributed by atoms with Gasteiger partial charge in [0.2, 0.25) is 0 Å². The molecule has 1 aromatic heterocycles. The number of nitrogens with zero attached hydrogens (tertiary/aromatic N) is 3. The fourth-order valence-corrected chi connectivity index (χ4v) is 2.18. The number of amides is 1. The Hall–Kier alpha value is -1.38. The SMILES string of the molecule is C=Nc1c(C(=O)N(C)C)c(I)cn1CC(=O)O. The van der Waals surface area contributed by atoms with Gasteiger partial charge in [0.05, 0.1) is 5.56 Å². The first-order chi connectivity index (χ1) is 7.88. The van der Waals surface area contributed by atoms with Crippen LogP contribution in [0, 0.1) is 3.57 Å². The number of carboxylic acids is 1. The molecule has 92 valence electrons. The summed E-state index contributed by atoms with van der Waals surface area (Å²) in [6.07, 6.45) is 1.58. The smallest absolute Gasteiger partial charge is 0.323 e. The number of aromatic nitrogens is 1. The largest absolute Gasteiger partial charge is 0.480 e. The zero-order valence-electron chi connectivity index (χ0n) is 9.47. The Morgan fingerprint density at radius 1 is 1.59 bits per heavy atom. The van der Waals surface area contributed by atoms with Gasteiger partial charge in [-0.05, 0) is 29.3 Å². The molecule has 6 nitrogen and oxygen atoms in total. The van der Waals surface area contributed by atoms with E-state index in [1.54, 1.807) is 20.3 Å². The van der Waals surface area contributed by atoms with Crippen molar-refractivity contribution in [2.75, 3.05) is 14.1 Å². The van der Waals surface area contributed by atoms with Crippen molar-refractivity contribution in [1.82, 2.24) is 9.47 Å². The number of carbonyl (C=O) groups excluding carboxylic acids is 1. The van der Waals surface area contributed by atoms with Crippen LogP contribution < -0.4 is 0 Å². The van der Waals surface area contributed by atoms with Crippen molar-refractivity contribution in [1.29, 1.82) is 0 Å². The maximum absolute atomic E-state index is 11.9. The molecule has 0 aliphatic rings. The second kappa shape index (κ2) is 5.30. The van der Waals surface area contributed by atoms with Gasteiger partial charge in [0.15, 0.2) is 0 Å². The van der Waals surface area contributed by atoms with Gasteiger partial charge in [-0.1, -0.05) is 0 Å². The minimum absolute atomic E-state index is 0.221. The maximum Gasteiger partial charge on any atom is 0.323 e. The van der Waals surface area contributed by atoms with Crippen LogP contribution in [0.2, 0.25) is 0 Å². The molecule has 1 amide bonds. The monoisotopic (exact) mass is 349 g/mol. The molecule has 0 spiro atoms. The van der Waals surface area contributed by atoms with E-state index in [-0.39, 0.29) is 18.3 Å². The van der Waals surface area contributed by atoms with Crippen LogP contribution in [0.15, 0.2) is 11.2 Å². The molecule has 1 aromatic rings. The van der Waals surface area contributed by atoms with Gasteiger partial charge in [-0.2, -0.15) is 0 Å². The summed E-state index contributed by atoms with van der Waals surface area (Å²) in [4.78, 5) is 27.8. The number of hydrogen-bond donors (Lipinski definition) is 1. The summed E-state index contributed by atoms with van der Waals surface area (Å²) in [5, 5.41) is 8.75. The molecule has 1 rings (SSSR count). The highest BCUT2D eigenvalue weighted by atomic mass is 127. The molecule has 0 saturated carbocycles. The lowest BCUT2D eigenvalue weighted by molar-refractivity contribution is -0.137. The van der Waals surface area contributed by atoms with Crippen molar-refractivity contribution in [3.8, 4) is 0 Å². The molecule has 1 N–H and O–H groups in total. The lowest BCUT2D eigenvalue weighted by atomic mass is 10.3. The van der Waals surface area contributed by atoms with Crippen molar-refractivity contribution in [2.45, 2.75) is 6.54 Å². The summed E-state index contributed by atoms with van der Waals surface area (Å²) in [5.41, 5.74) is 0.381. The first kappa shape index (κ1) is 13.7. The van der Waals surface area contributed by atoms with E-state index in [2.05, 4.69) is 11.7 Å². The topological polar surface area (TPSA) is 74.9 Å². The summed E-state index contributed by atoms with van der Waals surface area (Å²) in [7, 11) is 3.25. The van der Waals surface area contributed by atoms with Crippen LogP contribution in [-0.4, -0.2) is 47.3 Å². The number of aliphatic carboxylic acids is 1. The highest BCUT2D eigenvalue weighted by molar-refractivity contribution is 14.1. The first-order valence-corrected chi connectivity index (χ1v) is 5.75. The van der Waals surface area contributed by atoms with Gasteiger partial charge in [0.1, 0.15) is 12.4 Å². The van der Waals surface area contributed by atoms with Crippen LogP contribution in [0.3, 0.4) is 0 Å². The van der Waals surface area contributed by atoms with E-state index in [0.29, 0.717) is 9.13 Å². The van der Waals surface area contributed by atoms with E-state index in [1.165, 1.54) is 9.47 Å². The third-order valence-corrected chi connectivity index (χ3v) is 2.90. The second-order valence-electron chi connectivity index (χ2n) is 3.55. The fraction of sp³-hybridized carbons (Fsp3) is 0.300. The van der Waals surface area contributed by atoms with Crippen molar-refractivity contribution in [3.63, 3.8) is 0 Å². The lowest BCUT2D eigenvalue weighted by Gasteiger charge is -2.10. The average molecular weight is 349 g/mol. The maximum atomic E-state index is 11.9. The molecule has 0 unspecified atom stereocenters. The van der Waals surface area contributed by atoms with Gasteiger partial charge in [-0.15, -0.1) is 0 Å². The van der Waals surface area contributed by atoms with Crippen molar-refractivity contribution < 1.29 is 14.7 Å². The summed E-state index contributed by atoms with van der Waals surface area (Å²) in [6, 6.07) is 0. The molecule has 0 aromatic carbocycles. The third-order valence-electron chi connectivity index (χ3n) is 2.08. The highest BCUT2D eigenvalue weighted by Crippen LogP contribution is 2.27. The molecule has 0 aliphatic heterocycles. The van der Waals surface area contributed by atoms with Crippen LogP contribution in [0.5, 0.6) is 0 Å². The molecule has 0 atom stereocenters. The summed E-state index contributed by atoms with van der Waals surface area (Å²) in [5.74, 6) is -0.929. The summed E-state index contributed by atoms with van der Waals surface area (Å²) >= 11 is 1.98. The number of halogens is 1. The Labute approximate surface area is 112 Å².